The highest BCUT2D eigenvalue weighted by Crippen LogP contribution is 2.23. The topological polar surface area (TPSA) is 75.7 Å². The largest absolute Gasteiger partial charge is 0.490 e. The third-order valence-electron chi connectivity index (χ3n) is 3.67. The molecule has 1 N–H and O–H groups in total. The number of para-hydroxylation sites is 1. The van der Waals surface area contributed by atoms with Crippen molar-refractivity contribution < 1.29 is 22.3 Å². The number of carbonyl (C=O) groups is 1. The zero-order valence-corrected chi connectivity index (χ0v) is 16.4. The summed E-state index contributed by atoms with van der Waals surface area (Å²) in [5.74, 6) is -0.515. The minimum Gasteiger partial charge on any atom is -0.490 e. The van der Waals surface area contributed by atoms with Crippen LogP contribution in [0.25, 0.3) is 0 Å². The summed E-state index contributed by atoms with van der Waals surface area (Å²) >= 11 is 5.97. The summed E-state index contributed by atoms with van der Waals surface area (Å²) in [6.45, 7) is 1.78. The Kier molecular flexibility index (Phi) is 7.04. The lowest BCUT2D eigenvalue weighted by molar-refractivity contribution is -0.121. The highest BCUT2D eigenvalue weighted by Gasteiger charge is 2.28. The summed E-state index contributed by atoms with van der Waals surface area (Å²) < 4.78 is 43.8. The molecular weight excluding hydrogens is 395 g/mol. The second-order valence-electron chi connectivity index (χ2n) is 5.78. The van der Waals surface area contributed by atoms with E-state index in [4.69, 9.17) is 16.3 Å². The van der Waals surface area contributed by atoms with Crippen molar-refractivity contribution in [3.05, 3.63) is 59.4 Å². The fourth-order valence-corrected chi connectivity index (χ4v) is 3.81. The molecule has 0 radical (unpaired) electrons. The van der Waals surface area contributed by atoms with Crippen molar-refractivity contribution in [1.29, 1.82) is 0 Å². The first-order valence-corrected chi connectivity index (χ1v) is 10.3. The molecular formula is C18H20ClFN2O4S. The number of nitrogens with zero attached hydrogens (tertiary/aromatic N) is 1. The molecule has 0 heterocycles. The number of hydrogen-bond acceptors (Lipinski definition) is 4. The number of amides is 1. The van der Waals surface area contributed by atoms with Crippen LogP contribution in [0.1, 0.15) is 6.92 Å². The molecule has 9 heteroatoms. The number of rotatable bonds is 8. The molecule has 27 heavy (non-hydrogen) atoms. The second-order valence-corrected chi connectivity index (χ2v) is 8.05. The van der Waals surface area contributed by atoms with E-state index in [-0.39, 0.29) is 18.8 Å². The highest BCUT2D eigenvalue weighted by atomic mass is 35.5. The lowest BCUT2D eigenvalue weighted by atomic mass is 10.2. The van der Waals surface area contributed by atoms with Gasteiger partial charge in [0.05, 0.1) is 23.5 Å². The molecule has 1 atom stereocenters. The average molecular weight is 415 g/mol. The standard InChI is InChI=1S/C18H20ClFN2O4S/c1-13(22(27(2,24)25)15-9-7-14(20)8-10-15)18(23)21-11-12-26-17-6-4-3-5-16(17)19/h3-10,13H,11-12H2,1-2H3,(H,21,23). The summed E-state index contributed by atoms with van der Waals surface area (Å²) in [6.07, 6.45) is 0.987. The molecule has 2 aromatic rings. The van der Waals surface area contributed by atoms with Gasteiger partial charge in [0.25, 0.3) is 0 Å². The lowest BCUT2D eigenvalue weighted by Crippen LogP contribution is -2.48. The Bertz CT molecular complexity index is 890. The first-order valence-electron chi connectivity index (χ1n) is 8.10. The quantitative estimate of drug-likeness (QED) is 0.674. The van der Waals surface area contributed by atoms with Gasteiger partial charge in [-0.05, 0) is 43.3 Å². The second kappa shape index (κ2) is 9.05. The first-order chi connectivity index (χ1) is 12.7. The Morgan fingerprint density at radius 3 is 2.44 bits per heavy atom. The molecule has 0 aliphatic heterocycles. The molecule has 0 spiro atoms. The molecule has 0 saturated carbocycles. The molecule has 0 fully saturated rings. The third-order valence-corrected chi connectivity index (χ3v) is 5.22. The van der Waals surface area contributed by atoms with Crippen molar-refractivity contribution in [3.8, 4) is 5.75 Å². The fraction of sp³-hybridized carbons (Fsp3) is 0.278. The Morgan fingerprint density at radius 1 is 1.22 bits per heavy atom. The van der Waals surface area contributed by atoms with Crippen molar-refractivity contribution in [2.75, 3.05) is 23.7 Å². The van der Waals surface area contributed by atoms with Gasteiger partial charge >= 0.3 is 0 Å². The maximum absolute atomic E-state index is 13.1. The van der Waals surface area contributed by atoms with Crippen LogP contribution in [-0.4, -0.2) is 39.8 Å². The van der Waals surface area contributed by atoms with Gasteiger partial charge in [-0.1, -0.05) is 23.7 Å². The number of halogens is 2. The number of anilines is 1. The third kappa shape index (κ3) is 5.83. The van der Waals surface area contributed by atoms with Crippen LogP contribution in [0.3, 0.4) is 0 Å². The van der Waals surface area contributed by atoms with Crippen LogP contribution in [0.5, 0.6) is 5.75 Å². The number of sulfonamides is 1. The van der Waals surface area contributed by atoms with Gasteiger partial charge in [0.2, 0.25) is 15.9 Å². The minimum atomic E-state index is -3.75. The van der Waals surface area contributed by atoms with Crippen molar-refractivity contribution in [2.24, 2.45) is 0 Å². The zero-order valence-electron chi connectivity index (χ0n) is 14.9. The van der Waals surface area contributed by atoms with Gasteiger partial charge in [-0.25, -0.2) is 12.8 Å². The normalized spacial score (nSPS) is 12.3. The molecule has 146 valence electrons. The van der Waals surface area contributed by atoms with Crippen LogP contribution in [0.15, 0.2) is 48.5 Å². The molecule has 1 amide bonds. The molecule has 0 aromatic heterocycles. The Morgan fingerprint density at radius 2 is 1.85 bits per heavy atom. The van der Waals surface area contributed by atoms with Crippen molar-refractivity contribution in [2.45, 2.75) is 13.0 Å². The van der Waals surface area contributed by atoms with Crippen molar-refractivity contribution >= 4 is 33.2 Å². The average Bonchev–Trinajstić information content (AvgIpc) is 2.60. The van der Waals surface area contributed by atoms with E-state index >= 15 is 0 Å². The van der Waals surface area contributed by atoms with Crippen LogP contribution in [0, 0.1) is 5.82 Å². The minimum absolute atomic E-state index is 0.162. The van der Waals surface area contributed by atoms with E-state index in [1.54, 1.807) is 24.3 Å². The van der Waals surface area contributed by atoms with Crippen molar-refractivity contribution in [1.82, 2.24) is 5.32 Å². The zero-order chi connectivity index (χ0) is 20.0. The highest BCUT2D eigenvalue weighted by molar-refractivity contribution is 7.92. The van der Waals surface area contributed by atoms with Gasteiger partial charge in [-0.15, -0.1) is 0 Å². The van der Waals surface area contributed by atoms with Crippen LogP contribution in [0.2, 0.25) is 5.02 Å². The van der Waals surface area contributed by atoms with Gasteiger partial charge < -0.3 is 10.1 Å². The maximum Gasteiger partial charge on any atom is 0.243 e. The van der Waals surface area contributed by atoms with Crippen molar-refractivity contribution in [3.63, 3.8) is 0 Å². The molecule has 0 bridgehead atoms. The Labute approximate surface area is 162 Å². The predicted octanol–water partition coefficient (Wildman–Crippen LogP) is 2.83. The number of nitrogens with one attached hydrogen (secondary N) is 1. The van der Waals surface area contributed by atoms with E-state index < -0.39 is 27.8 Å². The predicted molar refractivity (Wildman–Crippen MR) is 103 cm³/mol. The lowest BCUT2D eigenvalue weighted by Gasteiger charge is -2.28. The van der Waals surface area contributed by atoms with Crippen LogP contribution < -0.4 is 14.4 Å². The van der Waals surface area contributed by atoms with Gasteiger partial charge in [0, 0.05) is 0 Å². The molecule has 6 nitrogen and oxygen atoms in total. The molecule has 0 aliphatic rings. The Balaban J connectivity index is 1.98. The smallest absolute Gasteiger partial charge is 0.243 e. The van der Waals surface area contributed by atoms with E-state index in [1.165, 1.54) is 19.1 Å². The summed E-state index contributed by atoms with van der Waals surface area (Å²) in [5.41, 5.74) is 0.203. The van der Waals surface area contributed by atoms with Gasteiger partial charge in [-0.2, -0.15) is 0 Å². The molecule has 2 aromatic carbocycles. The molecule has 2 rings (SSSR count). The van der Waals surface area contributed by atoms with Crippen LogP contribution in [0.4, 0.5) is 10.1 Å². The summed E-state index contributed by atoms with van der Waals surface area (Å²) in [6, 6.07) is 10.8. The number of benzene rings is 2. The van der Waals surface area contributed by atoms with Gasteiger partial charge in [0.1, 0.15) is 24.2 Å². The summed E-state index contributed by atoms with van der Waals surface area (Å²) in [4.78, 5) is 12.4. The molecule has 1 unspecified atom stereocenters. The van der Waals surface area contributed by atoms with E-state index in [0.717, 1.165) is 22.7 Å². The Hall–Kier alpha value is -2.32. The monoisotopic (exact) mass is 414 g/mol. The van der Waals surface area contributed by atoms with E-state index in [1.807, 2.05) is 0 Å². The molecule has 0 aliphatic carbocycles. The number of carbonyl (C=O) groups excluding carboxylic acids is 1. The first kappa shape index (κ1) is 21.0. The SMILES string of the molecule is CC(C(=O)NCCOc1ccccc1Cl)N(c1ccc(F)cc1)S(C)(=O)=O. The summed E-state index contributed by atoms with van der Waals surface area (Å²) in [7, 11) is -3.75. The van der Waals surface area contributed by atoms with Gasteiger partial charge in [0.15, 0.2) is 0 Å². The summed E-state index contributed by atoms with van der Waals surface area (Å²) in [5, 5.41) is 3.07. The maximum atomic E-state index is 13.1. The van der Waals surface area contributed by atoms with Crippen LogP contribution in [-0.2, 0) is 14.8 Å². The fourth-order valence-electron chi connectivity index (χ4n) is 2.44. The van der Waals surface area contributed by atoms with E-state index in [2.05, 4.69) is 5.32 Å². The molecule has 0 saturated heterocycles. The number of hydrogen-bond donors (Lipinski definition) is 1. The van der Waals surface area contributed by atoms with E-state index in [0.29, 0.717) is 10.8 Å². The number of ether oxygens (including phenoxy) is 1. The van der Waals surface area contributed by atoms with Crippen LogP contribution >= 0.6 is 11.6 Å². The van der Waals surface area contributed by atoms with Gasteiger partial charge in [-0.3, -0.25) is 9.10 Å². The van der Waals surface area contributed by atoms with E-state index in [9.17, 15) is 17.6 Å².